The van der Waals surface area contributed by atoms with E-state index in [9.17, 15) is 19.2 Å². The average Bonchev–Trinajstić information content (AvgIpc) is 4.26. The van der Waals surface area contributed by atoms with Gasteiger partial charge in [-0.25, -0.2) is 34.9 Å². The van der Waals surface area contributed by atoms with E-state index in [1.807, 2.05) is 0 Å². The van der Waals surface area contributed by atoms with Crippen molar-refractivity contribution in [2.75, 3.05) is 0 Å². The van der Waals surface area contributed by atoms with Gasteiger partial charge in [0.15, 0.2) is 33.2 Å². The first-order valence-electron chi connectivity index (χ1n) is 20.5. The number of aromatic amines is 2. The van der Waals surface area contributed by atoms with Crippen LogP contribution in [-0.4, -0.2) is 136 Å². The summed E-state index contributed by atoms with van der Waals surface area (Å²) in [5.74, 6) is 1.33. The number of carbonyl (C=O) groups excluding carboxylic acids is 4. The van der Waals surface area contributed by atoms with Gasteiger partial charge in [0.2, 0.25) is 17.5 Å². The van der Waals surface area contributed by atoms with E-state index in [1.165, 1.54) is 81.4 Å². The van der Waals surface area contributed by atoms with Crippen LogP contribution >= 0.6 is 22.7 Å². The maximum atomic E-state index is 10.6. The molecular weight excluding hydrogens is 1010 g/mol. The van der Waals surface area contributed by atoms with Crippen molar-refractivity contribution in [3.8, 4) is 0 Å². The lowest BCUT2D eigenvalue weighted by atomic mass is 10.4. The molecule has 7 heterocycles. The van der Waals surface area contributed by atoms with Crippen LogP contribution in [0.2, 0.25) is 0 Å². The van der Waals surface area contributed by atoms with E-state index in [4.69, 9.17) is 64.6 Å². The molecule has 0 atom stereocenters. The number of oxime groups is 3. The molecule has 7 aromatic rings. The summed E-state index contributed by atoms with van der Waals surface area (Å²) in [6.07, 6.45) is 6.95. The van der Waals surface area contributed by atoms with Crippen molar-refractivity contribution >= 4 is 62.9 Å². The summed E-state index contributed by atoms with van der Waals surface area (Å²) in [6, 6.07) is 0. The zero-order valence-corrected chi connectivity index (χ0v) is 41.7. The quantitative estimate of drug-likeness (QED) is 0.0322. The molecule has 73 heavy (non-hydrogen) atoms. The second-order valence-corrected chi connectivity index (χ2v) is 15.3. The highest BCUT2D eigenvalue weighted by Crippen LogP contribution is 2.11. The monoisotopic (exact) mass is 1060 g/mol. The SMILES string of the molecule is C/C(=N\O)c1ncc(CO)[nH]1.C/C(=N\O)c1ncc(CO)[nH]1.C/C(=N\O)c1ncc(CO)o1.CC(=O)c1nc(CO)co1.CC(=O)c1nc(CO)cs1.CC(=O)c1nc(CO)cs1.CC(=O)c1ncc(CO)o1. The van der Waals surface area contributed by atoms with Gasteiger partial charge in [-0.1, -0.05) is 15.5 Å². The van der Waals surface area contributed by atoms with E-state index in [-0.39, 0.29) is 92.8 Å². The molecule has 7 rings (SSSR count). The Balaban J connectivity index is 0.000000426. The summed E-state index contributed by atoms with van der Waals surface area (Å²) < 4.78 is 14.4. The highest BCUT2D eigenvalue weighted by atomic mass is 32.1. The normalized spacial score (nSPS) is 10.8. The van der Waals surface area contributed by atoms with Crippen LogP contribution in [0.4, 0.5) is 0 Å². The summed E-state index contributed by atoms with van der Waals surface area (Å²) in [5.41, 5.74) is 3.78. The van der Waals surface area contributed by atoms with Crippen LogP contribution in [0, 0.1) is 0 Å². The van der Waals surface area contributed by atoms with E-state index in [1.54, 1.807) is 31.5 Å². The fourth-order valence-electron chi connectivity index (χ4n) is 4.10. The van der Waals surface area contributed by atoms with Gasteiger partial charge in [-0.3, -0.25) is 19.2 Å². The summed E-state index contributed by atoms with van der Waals surface area (Å²) in [7, 11) is 0. The molecule has 0 radical (unpaired) electrons. The van der Waals surface area contributed by atoms with Crippen LogP contribution in [0.15, 0.2) is 70.5 Å². The van der Waals surface area contributed by atoms with E-state index in [0.717, 1.165) is 0 Å². The molecule has 12 N–H and O–H groups in total. The minimum absolute atomic E-state index is 0.0454. The molecule has 0 saturated carbocycles. The number of aliphatic hydroxyl groups excluding tert-OH is 7. The van der Waals surface area contributed by atoms with Crippen LogP contribution in [0.3, 0.4) is 0 Å². The third kappa shape index (κ3) is 23.3. The number of oxazole rings is 3. The predicted octanol–water partition coefficient (Wildman–Crippen LogP) is 2.98. The Morgan fingerprint density at radius 2 is 0.877 bits per heavy atom. The number of thiazole rings is 2. The van der Waals surface area contributed by atoms with Gasteiger partial charge in [-0.05, 0) is 20.8 Å². The first-order valence-corrected chi connectivity index (χ1v) is 22.2. The van der Waals surface area contributed by atoms with Crippen molar-refractivity contribution in [2.45, 2.75) is 94.7 Å². The molecular formula is C42H54N12O17S2. The van der Waals surface area contributed by atoms with Gasteiger partial charge in [0.1, 0.15) is 53.8 Å². The topological polar surface area (TPSA) is 469 Å². The molecule has 0 saturated heterocycles. The highest BCUT2D eigenvalue weighted by Gasteiger charge is 2.09. The summed E-state index contributed by atoms with van der Waals surface area (Å²) in [4.78, 5) is 74.3. The lowest BCUT2D eigenvalue weighted by Crippen LogP contribution is -1.97. The zero-order valence-electron chi connectivity index (χ0n) is 40.1. The third-order valence-electron chi connectivity index (χ3n) is 7.81. The number of carbonyl (C=O) groups is 4. The number of nitrogens with zero attached hydrogens (tertiary/aromatic N) is 10. The van der Waals surface area contributed by atoms with E-state index in [2.05, 4.69) is 60.3 Å². The first-order chi connectivity index (χ1) is 34.8. The molecule has 0 fully saturated rings. The van der Waals surface area contributed by atoms with E-state index >= 15 is 0 Å². The number of rotatable bonds is 14. The number of Topliss-reactive ketones (excluding diaryl/α,β-unsaturated/α-hetero) is 4. The van der Waals surface area contributed by atoms with Crippen LogP contribution in [0.25, 0.3) is 0 Å². The molecule has 0 aromatic carbocycles. The van der Waals surface area contributed by atoms with Crippen molar-refractivity contribution in [1.29, 1.82) is 0 Å². The minimum Gasteiger partial charge on any atom is -0.442 e. The summed E-state index contributed by atoms with van der Waals surface area (Å²) >= 11 is 2.52. The van der Waals surface area contributed by atoms with Gasteiger partial charge in [-0.15, -0.1) is 22.7 Å². The Hall–Kier alpha value is -7.88. The van der Waals surface area contributed by atoms with Crippen LogP contribution in [-0.2, 0) is 46.2 Å². The Morgan fingerprint density at radius 1 is 0.479 bits per heavy atom. The molecule has 31 heteroatoms. The fraction of sp³-hybridized carbons (Fsp3) is 0.333. The minimum atomic E-state index is -0.236. The van der Waals surface area contributed by atoms with Gasteiger partial charge in [-0.2, -0.15) is 0 Å². The Kier molecular flexibility index (Phi) is 29.8. The number of hydrogen-bond acceptors (Lipinski definition) is 29. The number of hydrogen-bond donors (Lipinski definition) is 12. The van der Waals surface area contributed by atoms with Crippen molar-refractivity contribution < 1.29 is 83.8 Å². The van der Waals surface area contributed by atoms with Gasteiger partial charge in [0.05, 0.1) is 80.6 Å². The van der Waals surface area contributed by atoms with Crippen molar-refractivity contribution in [2.24, 2.45) is 15.5 Å². The van der Waals surface area contributed by atoms with Gasteiger partial charge in [0, 0.05) is 38.5 Å². The number of aromatic nitrogens is 9. The molecule has 0 aliphatic rings. The molecule has 0 spiro atoms. The largest absolute Gasteiger partial charge is 0.442 e. The molecule has 0 unspecified atom stereocenters. The standard InChI is InChI=1S/2C6H9N3O2.C6H8N2O3.2C6H7NO3.2C6H7NO2S/c2*1-4(9-11)6-7-2-5(3-10)8-6;1-4(8-10)6-7-2-5(3-9)11-6;1-4(9)6-7-5(2-8)3-10-6;1-4(9)6-7-2-5(3-8)10-6;2*1-4(9)6-7-5(2-8)3-10-6/h2*2,10-11H,3H2,1H3,(H,7,8);2,9-10H,3H2,1H3;3,8H,2H2,1H3;2,8H,3H2,1H3;2*3,8H,2H2,1H3/b2*9-4+;8-4+;;;;. The smallest absolute Gasteiger partial charge is 0.263 e. The highest BCUT2D eigenvalue weighted by molar-refractivity contribution is 7.12. The summed E-state index contributed by atoms with van der Waals surface area (Å²) in [6.45, 7) is 9.40. The molecule has 0 aliphatic heterocycles. The van der Waals surface area contributed by atoms with Crippen molar-refractivity contribution in [1.82, 2.24) is 44.9 Å². The van der Waals surface area contributed by atoms with E-state index in [0.29, 0.717) is 73.1 Å². The van der Waals surface area contributed by atoms with Gasteiger partial charge in [0.25, 0.3) is 11.8 Å². The van der Waals surface area contributed by atoms with Gasteiger partial charge >= 0.3 is 0 Å². The Labute approximate surface area is 421 Å². The van der Waals surface area contributed by atoms with E-state index < -0.39 is 0 Å². The fourth-order valence-corrected chi connectivity index (χ4v) is 5.52. The maximum absolute atomic E-state index is 10.6. The van der Waals surface area contributed by atoms with Crippen molar-refractivity contribution in [3.63, 3.8) is 0 Å². The van der Waals surface area contributed by atoms with Crippen LogP contribution < -0.4 is 0 Å². The Morgan fingerprint density at radius 3 is 1.12 bits per heavy atom. The second kappa shape index (κ2) is 34.4. The number of aliphatic hydroxyl groups is 7. The lowest BCUT2D eigenvalue weighted by molar-refractivity contribution is 0.0970. The number of H-pyrrole nitrogens is 2. The molecule has 396 valence electrons. The first kappa shape index (κ1) is 63.1. The summed E-state index contributed by atoms with van der Waals surface area (Å²) in [5, 5.41) is 98.0. The third-order valence-corrected chi connectivity index (χ3v) is 9.79. The maximum Gasteiger partial charge on any atom is 0.263 e. The van der Waals surface area contributed by atoms with Gasteiger partial charge < -0.3 is 74.6 Å². The second-order valence-electron chi connectivity index (χ2n) is 13.6. The molecule has 7 aromatic heterocycles. The number of ketones is 4. The number of imidazole rings is 2. The van der Waals surface area contributed by atoms with Crippen LogP contribution in [0.1, 0.15) is 147 Å². The van der Waals surface area contributed by atoms with Crippen LogP contribution in [0.5, 0.6) is 0 Å². The average molecular weight is 1060 g/mol. The molecule has 0 amide bonds. The predicted molar refractivity (Wildman–Crippen MR) is 254 cm³/mol. The molecule has 0 bridgehead atoms. The van der Waals surface area contributed by atoms with Crippen molar-refractivity contribution in [3.05, 3.63) is 121 Å². The number of nitrogens with one attached hydrogen (secondary N) is 2. The molecule has 29 nitrogen and oxygen atoms in total. The Bertz CT molecular complexity index is 2490. The zero-order chi connectivity index (χ0) is 55.0. The lowest BCUT2D eigenvalue weighted by Gasteiger charge is -1.89. The molecule has 0 aliphatic carbocycles.